The van der Waals surface area contributed by atoms with Crippen LogP contribution >= 0.6 is 11.6 Å². The lowest BCUT2D eigenvalue weighted by molar-refractivity contribution is 0.0520. The number of nitrogens with one attached hydrogen (secondary N) is 2. The number of carbonyl (C=O) groups is 1. The van der Waals surface area contributed by atoms with Gasteiger partial charge in [0.1, 0.15) is 23.0 Å². The molecule has 0 saturated heterocycles. The van der Waals surface area contributed by atoms with E-state index in [1.54, 1.807) is 61.5 Å². The number of H-pyrrole nitrogens is 1. The molecule has 32 heavy (non-hydrogen) atoms. The molecule has 0 bridgehead atoms. The van der Waals surface area contributed by atoms with Crippen molar-refractivity contribution in [2.45, 2.75) is 13.5 Å². The SMILES string of the molecule is CCOC(=O)c1cc2c(Nc3ccc(Oc4cccc(CO)c4)c(Cl)c3)ccc(F)c2[nH]1. The van der Waals surface area contributed by atoms with E-state index in [2.05, 4.69) is 10.3 Å². The lowest BCUT2D eigenvalue weighted by Crippen LogP contribution is -2.04. The van der Waals surface area contributed by atoms with E-state index in [0.717, 1.165) is 5.56 Å². The molecule has 0 fully saturated rings. The van der Waals surface area contributed by atoms with Crippen LogP contribution in [-0.2, 0) is 11.3 Å². The van der Waals surface area contributed by atoms with Crippen molar-refractivity contribution in [1.82, 2.24) is 4.98 Å². The molecule has 1 aromatic heterocycles. The van der Waals surface area contributed by atoms with Crippen molar-refractivity contribution < 1.29 is 23.8 Å². The molecular formula is C24H20ClFN2O4. The minimum atomic E-state index is -0.552. The van der Waals surface area contributed by atoms with Gasteiger partial charge < -0.3 is 24.9 Å². The van der Waals surface area contributed by atoms with Crippen molar-refractivity contribution >= 4 is 39.8 Å². The fourth-order valence-electron chi connectivity index (χ4n) is 3.26. The van der Waals surface area contributed by atoms with Gasteiger partial charge in [-0.2, -0.15) is 0 Å². The van der Waals surface area contributed by atoms with Crippen molar-refractivity contribution in [3.8, 4) is 11.5 Å². The van der Waals surface area contributed by atoms with Crippen molar-refractivity contribution in [2.24, 2.45) is 0 Å². The van der Waals surface area contributed by atoms with E-state index in [0.29, 0.717) is 33.3 Å². The highest BCUT2D eigenvalue weighted by Gasteiger charge is 2.16. The highest BCUT2D eigenvalue weighted by Crippen LogP contribution is 2.35. The Morgan fingerprint density at radius 3 is 2.75 bits per heavy atom. The number of aromatic nitrogens is 1. The third kappa shape index (κ3) is 4.54. The van der Waals surface area contributed by atoms with E-state index in [1.165, 1.54) is 6.07 Å². The van der Waals surface area contributed by atoms with Crippen molar-refractivity contribution in [1.29, 1.82) is 0 Å². The molecule has 4 aromatic rings. The van der Waals surface area contributed by atoms with Gasteiger partial charge in [0, 0.05) is 16.8 Å². The zero-order valence-corrected chi connectivity index (χ0v) is 17.9. The standard InChI is InChI=1S/C24H20ClFN2O4/c1-2-31-24(30)21-12-17-20(8-7-19(26)23(17)28-21)27-15-6-9-22(18(25)11-15)32-16-5-3-4-14(10-16)13-29/h3-12,27-29H,2,13H2,1H3. The Kier molecular flexibility index (Phi) is 6.30. The summed E-state index contributed by atoms with van der Waals surface area (Å²) in [6, 6.07) is 16.7. The Bertz CT molecular complexity index is 1290. The normalized spacial score (nSPS) is 10.9. The summed E-state index contributed by atoms with van der Waals surface area (Å²) in [5, 5.41) is 13.3. The second kappa shape index (κ2) is 9.30. The molecular weight excluding hydrogens is 435 g/mol. The van der Waals surface area contributed by atoms with Crippen LogP contribution in [0.15, 0.2) is 60.7 Å². The van der Waals surface area contributed by atoms with E-state index in [4.69, 9.17) is 21.1 Å². The van der Waals surface area contributed by atoms with Crippen LogP contribution in [0.25, 0.3) is 10.9 Å². The molecule has 0 unspecified atom stereocenters. The van der Waals surface area contributed by atoms with Gasteiger partial charge in [0.15, 0.2) is 0 Å². The Labute approximate surface area is 188 Å². The molecule has 0 aliphatic carbocycles. The van der Waals surface area contributed by atoms with Crippen LogP contribution in [0, 0.1) is 5.82 Å². The van der Waals surface area contributed by atoms with Crippen LogP contribution in [0.5, 0.6) is 11.5 Å². The average molecular weight is 455 g/mol. The minimum Gasteiger partial charge on any atom is -0.461 e. The summed E-state index contributed by atoms with van der Waals surface area (Å²) < 4.78 is 25.1. The van der Waals surface area contributed by atoms with Crippen molar-refractivity contribution in [3.05, 3.63) is 82.8 Å². The lowest BCUT2D eigenvalue weighted by Gasteiger charge is -2.12. The van der Waals surface area contributed by atoms with Crippen LogP contribution in [0.4, 0.5) is 15.8 Å². The van der Waals surface area contributed by atoms with E-state index in [-0.39, 0.29) is 24.4 Å². The van der Waals surface area contributed by atoms with Crippen LogP contribution < -0.4 is 10.1 Å². The molecule has 0 aliphatic heterocycles. The number of hydrogen-bond donors (Lipinski definition) is 3. The largest absolute Gasteiger partial charge is 0.461 e. The molecule has 0 radical (unpaired) electrons. The first-order chi connectivity index (χ1) is 15.5. The molecule has 0 saturated carbocycles. The zero-order chi connectivity index (χ0) is 22.7. The summed E-state index contributed by atoms with van der Waals surface area (Å²) in [4.78, 5) is 14.8. The molecule has 0 aliphatic rings. The molecule has 1 heterocycles. The number of esters is 1. The molecule has 3 aromatic carbocycles. The smallest absolute Gasteiger partial charge is 0.354 e. The summed E-state index contributed by atoms with van der Waals surface area (Å²) in [7, 11) is 0. The number of carbonyl (C=O) groups excluding carboxylic acids is 1. The summed E-state index contributed by atoms with van der Waals surface area (Å²) in [5.74, 6) is -0.0297. The quantitative estimate of drug-likeness (QED) is 0.291. The van der Waals surface area contributed by atoms with Gasteiger partial charge in [0.2, 0.25) is 0 Å². The van der Waals surface area contributed by atoms with E-state index < -0.39 is 11.8 Å². The number of aliphatic hydroxyl groups is 1. The monoisotopic (exact) mass is 454 g/mol. The molecule has 164 valence electrons. The number of ether oxygens (including phenoxy) is 2. The van der Waals surface area contributed by atoms with Crippen LogP contribution in [0.3, 0.4) is 0 Å². The second-order valence-corrected chi connectivity index (χ2v) is 7.37. The molecule has 0 spiro atoms. The van der Waals surface area contributed by atoms with E-state index in [9.17, 15) is 14.3 Å². The number of rotatable bonds is 7. The van der Waals surface area contributed by atoms with E-state index in [1.807, 2.05) is 0 Å². The summed E-state index contributed by atoms with van der Waals surface area (Å²) >= 11 is 6.40. The average Bonchev–Trinajstić information content (AvgIpc) is 3.25. The predicted octanol–water partition coefficient (Wildman–Crippen LogP) is 6.17. The van der Waals surface area contributed by atoms with Crippen molar-refractivity contribution in [2.75, 3.05) is 11.9 Å². The third-order valence-electron chi connectivity index (χ3n) is 4.76. The topological polar surface area (TPSA) is 83.6 Å². The molecule has 3 N–H and O–H groups in total. The van der Waals surface area contributed by atoms with Gasteiger partial charge in [-0.25, -0.2) is 9.18 Å². The summed E-state index contributed by atoms with van der Waals surface area (Å²) in [6.45, 7) is 1.84. The predicted molar refractivity (Wildman–Crippen MR) is 121 cm³/mol. The number of fused-ring (bicyclic) bond motifs is 1. The second-order valence-electron chi connectivity index (χ2n) is 6.96. The van der Waals surface area contributed by atoms with Gasteiger partial charge in [-0.1, -0.05) is 23.7 Å². The molecule has 6 nitrogen and oxygen atoms in total. The Morgan fingerprint density at radius 1 is 1.16 bits per heavy atom. The van der Waals surface area contributed by atoms with Gasteiger partial charge in [-0.05, 0) is 61.0 Å². The first-order valence-electron chi connectivity index (χ1n) is 9.91. The lowest BCUT2D eigenvalue weighted by atomic mass is 10.2. The fourth-order valence-corrected chi connectivity index (χ4v) is 3.48. The van der Waals surface area contributed by atoms with Gasteiger partial charge in [0.05, 0.1) is 23.8 Å². The Balaban J connectivity index is 1.59. The highest BCUT2D eigenvalue weighted by molar-refractivity contribution is 6.32. The van der Waals surface area contributed by atoms with Gasteiger partial charge in [-0.15, -0.1) is 0 Å². The zero-order valence-electron chi connectivity index (χ0n) is 17.1. The fraction of sp³-hybridized carbons (Fsp3) is 0.125. The number of aliphatic hydroxyl groups excluding tert-OH is 1. The van der Waals surface area contributed by atoms with Crippen LogP contribution in [-0.4, -0.2) is 22.7 Å². The maximum atomic E-state index is 14.3. The Hall–Kier alpha value is -3.55. The number of anilines is 2. The molecule has 0 amide bonds. The molecule has 8 heteroatoms. The van der Waals surface area contributed by atoms with Crippen LogP contribution in [0.2, 0.25) is 5.02 Å². The number of hydrogen-bond acceptors (Lipinski definition) is 5. The van der Waals surface area contributed by atoms with E-state index >= 15 is 0 Å². The first kappa shape index (κ1) is 21.7. The van der Waals surface area contributed by atoms with Crippen LogP contribution in [0.1, 0.15) is 23.0 Å². The van der Waals surface area contributed by atoms with Gasteiger partial charge >= 0.3 is 5.97 Å². The molecule has 4 rings (SSSR count). The third-order valence-corrected chi connectivity index (χ3v) is 5.05. The first-order valence-corrected chi connectivity index (χ1v) is 10.3. The van der Waals surface area contributed by atoms with Gasteiger partial charge in [-0.3, -0.25) is 0 Å². The van der Waals surface area contributed by atoms with Crippen molar-refractivity contribution in [3.63, 3.8) is 0 Å². The summed E-state index contributed by atoms with van der Waals surface area (Å²) in [5.41, 5.74) is 2.34. The Morgan fingerprint density at radius 2 is 2.00 bits per heavy atom. The number of halogens is 2. The minimum absolute atomic E-state index is 0.0863. The number of aromatic amines is 1. The van der Waals surface area contributed by atoms with Gasteiger partial charge in [0.25, 0.3) is 0 Å². The maximum Gasteiger partial charge on any atom is 0.354 e. The highest BCUT2D eigenvalue weighted by atomic mass is 35.5. The molecule has 0 atom stereocenters. The summed E-state index contributed by atoms with van der Waals surface area (Å²) in [6.07, 6.45) is 0. The number of benzene rings is 3. The maximum absolute atomic E-state index is 14.3.